The first-order valence-electron chi connectivity index (χ1n) is 5.85. The van der Waals surface area contributed by atoms with Gasteiger partial charge >= 0.3 is 0 Å². The predicted molar refractivity (Wildman–Crippen MR) is 71.3 cm³/mol. The molecule has 0 radical (unpaired) electrons. The van der Waals surface area contributed by atoms with Gasteiger partial charge in [0.15, 0.2) is 0 Å². The van der Waals surface area contributed by atoms with Crippen molar-refractivity contribution < 1.29 is 0 Å². The van der Waals surface area contributed by atoms with Crippen LogP contribution in [0.5, 0.6) is 0 Å². The molecule has 2 heteroatoms. The molecule has 0 spiro atoms. The van der Waals surface area contributed by atoms with E-state index in [1.807, 2.05) is 36.5 Å². The number of nitrogens with zero attached hydrogens (tertiary/aromatic N) is 1. The fourth-order valence-electron chi connectivity index (χ4n) is 1.94. The number of hydrogen-bond donors (Lipinski definition) is 0. The summed E-state index contributed by atoms with van der Waals surface area (Å²) in [6.45, 7) is 0. The van der Waals surface area contributed by atoms with Gasteiger partial charge in [-0.15, -0.1) is 4.91 Å². The van der Waals surface area contributed by atoms with Crippen molar-refractivity contribution in [2.24, 2.45) is 5.18 Å². The molecule has 0 N–H and O–H groups in total. The van der Waals surface area contributed by atoms with E-state index < -0.39 is 0 Å². The van der Waals surface area contributed by atoms with Crippen LogP contribution in [0, 0.1) is 4.91 Å². The van der Waals surface area contributed by atoms with E-state index in [4.69, 9.17) is 0 Å². The highest BCUT2D eigenvalue weighted by Gasteiger charge is 2.06. The first-order valence-corrected chi connectivity index (χ1v) is 5.85. The van der Waals surface area contributed by atoms with E-state index in [1.54, 1.807) is 6.08 Å². The Balaban J connectivity index is 2.45. The molecule has 2 aliphatic rings. The minimum atomic E-state index is 0.532. The Hall–Kier alpha value is -1.96. The molecule has 2 rings (SSSR count). The number of hydrogen-bond acceptors (Lipinski definition) is 2. The van der Waals surface area contributed by atoms with Gasteiger partial charge in [0.1, 0.15) is 5.70 Å². The second-order valence-corrected chi connectivity index (χ2v) is 4.06. The van der Waals surface area contributed by atoms with Gasteiger partial charge in [-0.25, -0.2) is 0 Å². The number of rotatable bonds is 1. The van der Waals surface area contributed by atoms with Crippen LogP contribution >= 0.6 is 0 Å². The molecule has 0 aromatic carbocycles. The lowest BCUT2D eigenvalue weighted by atomic mass is 10.0. The quantitative estimate of drug-likeness (QED) is 0.610. The van der Waals surface area contributed by atoms with Crippen molar-refractivity contribution in [2.75, 3.05) is 0 Å². The number of fused-ring (bicyclic) bond motifs is 4. The molecule has 0 aromatic heterocycles. The summed E-state index contributed by atoms with van der Waals surface area (Å²) < 4.78 is 0. The highest BCUT2D eigenvalue weighted by atomic mass is 16.3. The molecular weight excluding hydrogens is 210 g/mol. The third-order valence-corrected chi connectivity index (χ3v) is 2.84. The normalized spacial score (nSPS) is 28.4. The summed E-state index contributed by atoms with van der Waals surface area (Å²) in [7, 11) is 0. The van der Waals surface area contributed by atoms with E-state index >= 15 is 0 Å². The van der Waals surface area contributed by atoms with Crippen LogP contribution in [0.3, 0.4) is 0 Å². The van der Waals surface area contributed by atoms with Crippen LogP contribution in [0.25, 0.3) is 0 Å². The summed E-state index contributed by atoms with van der Waals surface area (Å²) in [5.41, 5.74) is 2.85. The summed E-state index contributed by atoms with van der Waals surface area (Å²) in [5.74, 6) is 0. The zero-order chi connectivity index (χ0) is 11.9. The van der Waals surface area contributed by atoms with Crippen molar-refractivity contribution in [3.05, 3.63) is 76.4 Å². The monoisotopic (exact) mass is 225 g/mol. The van der Waals surface area contributed by atoms with Crippen LogP contribution in [0.2, 0.25) is 0 Å². The summed E-state index contributed by atoms with van der Waals surface area (Å²) in [6.07, 6.45) is 20.7. The Morgan fingerprint density at radius 1 is 0.882 bits per heavy atom. The van der Waals surface area contributed by atoms with Crippen LogP contribution in [0.1, 0.15) is 19.3 Å². The highest BCUT2D eigenvalue weighted by molar-refractivity contribution is 5.39. The van der Waals surface area contributed by atoms with Crippen molar-refractivity contribution >= 4 is 0 Å². The maximum Gasteiger partial charge on any atom is 0.111 e. The molecule has 2 nitrogen and oxygen atoms in total. The topological polar surface area (TPSA) is 29.4 Å². The summed E-state index contributed by atoms with van der Waals surface area (Å²) >= 11 is 0. The highest BCUT2D eigenvalue weighted by Crippen LogP contribution is 2.22. The van der Waals surface area contributed by atoms with E-state index in [9.17, 15) is 4.91 Å². The molecule has 0 unspecified atom stereocenters. The molecule has 0 heterocycles. The Morgan fingerprint density at radius 3 is 2.59 bits per heavy atom. The summed E-state index contributed by atoms with van der Waals surface area (Å²) in [5, 5.41) is 3.12. The predicted octanol–water partition coefficient (Wildman–Crippen LogP) is 4.36. The largest absolute Gasteiger partial charge is 0.145 e. The van der Waals surface area contributed by atoms with Gasteiger partial charge in [-0.1, -0.05) is 48.6 Å². The smallest absolute Gasteiger partial charge is 0.111 e. The molecule has 0 aromatic rings. The molecule has 2 bridgehead atoms. The van der Waals surface area contributed by atoms with Gasteiger partial charge in [-0.2, -0.15) is 0 Å². The maximum absolute atomic E-state index is 10.8. The molecule has 86 valence electrons. The Labute approximate surface area is 101 Å². The van der Waals surface area contributed by atoms with Crippen LogP contribution in [0.4, 0.5) is 0 Å². The van der Waals surface area contributed by atoms with Crippen molar-refractivity contribution in [3.63, 3.8) is 0 Å². The lowest BCUT2D eigenvalue weighted by Gasteiger charge is -2.04. The summed E-state index contributed by atoms with van der Waals surface area (Å²) in [4.78, 5) is 10.8. The van der Waals surface area contributed by atoms with E-state index in [2.05, 4.69) is 17.3 Å². The molecule has 0 atom stereocenters. The molecule has 0 amide bonds. The Kier molecular flexibility index (Phi) is 4.03. The third kappa shape index (κ3) is 3.25. The van der Waals surface area contributed by atoms with E-state index in [1.165, 1.54) is 5.57 Å². The lowest BCUT2D eigenvalue weighted by Crippen LogP contribution is -1.88. The van der Waals surface area contributed by atoms with Crippen LogP contribution in [0.15, 0.2) is 76.7 Å². The van der Waals surface area contributed by atoms with Crippen molar-refractivity contribution in [3.8, 4) is 0 Å². The van der Waals surface area contributed by atoms with Gasteiger partial charge in [0.05, 0.1) is 0 Å². The SMILES string of the molecule is O=NC1=C/C=C/C=C\C2=C/C=C\C=C1CCC2. The Bertz CT molecular complexity index is 473. The molecule has 0 fully saturated rings. The molecule has 0 saturated carbocycles. The second-order valence-electron chi connectivity index (χ2n) is 4.06. The average molecular weight is 225 g/mol. The second kappa shape index (κ2) is 5.94. The number of allylic oxidation sites excluding steroid dienone is 11. The maximum atomic E-state index is 10.8. The number of nitroso groups, excluding NO2 is 1. The molecule has 0 aliphatic heterocycles. The molecule has 17 heavy (non-hydrogen) atoms. The van der Waals surface area contributed by atoms with Gasteiger partial charge < -0.3 is 0 Å². The Morgan fingerprint density at radius 2 is 1.71 bits per heavy atom. The fraction of sp³-hybridized carbons (Fsp3) is 0.200. The average Bonchev–Trinajstić information content (AvgIpc) is 2.41. The van der Waals surface area contributed by atoms with Gasteiger partial charge in [0.2, 0.25) is 0 Å². The van der Waals surface area contributed by atoms with Crippen molar-refractivity contribution in [2.45, 2.75) is 19.3 Å². The lowest BCUT2D eigenvalue weighted by molar-refractivity contribution is 0.818. The molecule has 0 saturated heterocycles. The van der Waals surface area contributed by atoms with Crippen LogP contribution in [-0.4, -0.2) is 0 Å². The van der Waals surface area contributed by atoms with E-state index in [0.29, 0.717) is 5.70 Å². The van der Waals surface area contributed by atoms with Gasteiger partial charge in [-0.05, 0) is 41.7 Å². The van der Waals surface area contributed by atoms with E-state index in [0.717, 1.165) is 24.8 Å². The van der Waals surface area contributed by atoms with Crippen molar-refractivity contribution in [1.29, 1.82) is 0 Å². The van der Waals surface area contributed by atoms with E-state index in [-0.39, 0.29) is 0 Å². The third-order valence-electron chi connectivity index (χ3n) is 2.84. The zero-order valence-electron chi connectivity index (χ0n) is 9.67. The standard InChI is InChI=1S/C15H15NO/c17-16-15-12-3-1-2-7-13-8-4-5-10-14(15)11-6-9-13/h1-5,7-8,10,12H,6,9,11H2/b2-1?,3-1+,5-4-,7-2-,8-4?,10-5?,12-3?,13-7?,13-8+,14-10?,15-12?,15-14?. The van der Waals surface area contributed by atoms with Gasteiger partial charge in [0.25, 0.3) is 0 Å². The molecular formula is C15H15NO. The minimum Gasteiger partial charge on any atom is -0.145 e. The van der Waals surface area contributed by atoms with Crippen molar-refractivity contribution in [1.82, 2.24) is 0 Å². The first-order chi connectivity index (χ1) is 8.40. The van der Waals surface area contributed by atoms with Crippen LogP contribution in [-0.2, 0) is 0 Å². The first kappa shape index (κ1) is 11.5. The fourth-order valence-corrected chi connectivity index (χ4v) is 1.94. The molecule has 2 aliphatic carbocycles. The van der Waals surface area contributed by atoms with Gasteiger partial charge in [0, 0.05) is 0 Å². The van der Waals surface area contributed by atoms with Gasteiger partial charge in [-0.3, -0.25) is 0 Å². The van der Waals surface area contributed by atoms with Crippen LogP contribution < -0.4 is 0 Å². The minimum absolute atomic E-state index is 0.532. The zero-order valence-corrected chi connectivity index (χ0v) is 9.67. The summed E-state index contributed by atoms with van der Waals surface area (Å²) in [6, 6.07) is 0.